The van der Waals surface area contributed by atoms with E-state index in [4.69, 9.17) is 5.73 Å². The van der Waals surface area contributed by atoms with Gasteiger partial charge in [-0.2, -0.15) is 13.2 Å². The summed E-state index contributed by atoms with van der Waals surface area (Å²) in [6.07, 6.45) is -4.38. The number of nitrogens with one attached hydrogen (secondary N) is 1. The van der Waals surface area contributed by atoms with Crippen LogP contribution < -0.4 is 11.1 Å². The smallest absolute Gasteiger partial charge is 0.397 e. The lowest BCUT2D eigenvalue weighted by atomic mass is 10.1. The van der Waals surface area contributed by atoms with E-state index in [-0.39, 0.29) is 5.69 Å². The number of halogens is 3. The van der Waals surface area contributed by atoms with E-state index in [9.17, 15) is 13.2 Å². The Balaban J connectivity index is 2.09. The van der Waals surface area contributed by atoms with Gasteiger partial charge in [0.05, 0.1) is 23.5 Å². The van der Waals surface area contributed by atoms with Crippen LogP contribution in [0.4, 0.5) is 24.5 Å². The van der Waals surface area contributed by atoms with Gasteiger partial charge in [0.2, 0.25) is 0 Å². The molecule has 0 atom stereocenters. The zero-order valence-electron chi connectivity index (χ0n) is 10.1. The number of benzene rings is 1. The van der Waals surface area contributed by atoms with Crippen LogP contribution in [0.2, 0.25) is 0 Å². The van der Waals surface area contributed by atoms with Crippen molar-refractivity contribution < 1.29 is 13.2 Å². The Kier molecular flexibility index (Phi) is 3.66. The lowest BCUT2D eigenvalue weighted by Gasteiger charge is -2.11. The van der Waals surface area contributed by atoms with E-state index in [2.05, 4.69) is 10.3 Å². The SMILES string of the molecule is Cc1csc(CNc2ccc(C(F)(F)F)cc2N)n1. The first-order chi connectivity index (χ1) is 8.86. The minimum Gasteiger partial charge on any atom is -0.397 e. The quantitative estimate of drug-likeness (QED) is 0.847. The fraction of sp³-hybridized carbons (Fsp3) is 0.250. The highest BCUT2D eigenvalue weighted by Crippen LogP contribution is 2.32. The molecule has 0 saturated heterocycles. The number of nitrogens with zero attached hydrogens (tertiary/aromatic N) is 1. The van der Waals surface area contributed by atoms with E-state index >= 15 is 0 Å². The Hall–Kier alpha value is -1.76. The number of thiazole rings is 1. The highest BCUT2D eigenvalue weighted by atomic mass is 32.1. The third-order valence-electron chi connectivity index (χ3n) is 2.48. The number of rotatable bonds is 3. The fourth-order valence-corrected chi connectivity index (χ4v) is 2.27. The second-order valence-electron chi connectivity index (χ2n) is 4.04. The molecule has 1 aromatic carbocycles. The van der Waals surface area contributed by atoms with Crippen molar-refractivity contribution in [2.75, 3.05) is 11.1 Å². The molecule has 0 aliphatic carbocycles. The van der Waals surface area contributed by atoms with Crippen molar-refractivity contribution in [2.45, 2.75) is 19.6 Å². The molecule has 0 spiro atoms. The van der Waals surface area contributed by atoms with Crippen molar-refractivity contribution in [1.29, 1.82) is 0 Å². The first-order valence-electron chi connectivity index (χ1n) is 5.48. The van der Waals surface area contributed by atoms with E-state index in [1.807, 2.05) is 12.3 Å². The van der Waals surface area contributed by atoms with Gasteiger partial charge in [-0.3, -0.25) is 0 Å². The molecule has 0 saturated carbocycles. The van der Waals surface area contributed by atoms with Gasteiger partial charge in [-0.15, -0.1) is 11.3 Å². The van der Waals surface area contributed by atoms with Crippen LogP contribution in [0.1, 0.15) is 16.3 Å². The summed E-state index contributed by atoms with van der Waals surface area (Å²) in [5.74, 6) is 0. The highest BCUT2D eigenvalue weighted by Gasteiger charge is 2.30. The summed E-state index contributed by atoms with van der Waals surface area (Å²) in [6, 6.07) is 3.26. The van der Waals surface area contributed by atoms with Gasteiger partial charge in [-0.25, -0.2) is 4.98 Å². The van der Waals surface area contributed by atoms with Crippen LogP contribution in [-0.2, 0) is 12.7 Å². The van der Waals surface area contributed by atoms with Gasteiger partial charge in [-0.05, 0) is 25.1 Å². The minimum atomic E-state index is -4.38. The van der Waals surface area contributed by atoms with Gasteiger partial charge in [0.1, 0.15) is 5.01 Å². The Bertz CT molecular complexity index is 578. The van der Waals surface area contributed by atoms with Crippen LogP contribution >= 0.6 is 11.3 Å². The second-order valence-corrected chi connectivity index (χ2v) is 4.98. The maximum atomic E-state index is 12.5. The van der Waals surface area contributed by atoms with Crippen LogP contribution in [0, 0.1) is 6.92 Å². The molecule has 0 unspecified atom stereocenters. The molecule has 1 heterocycles. The summed E-state index contributed by atoms with van der Waals surface area (Å²) in [5, 5.41) is 5.74. The van der Waals surface area contributed by atoms with Crippen LogP contribution in [0.5, 0.6) is 0 Å². The molecule has 0 aliphatic rings. The number of hydrogen-bond acceptors (Lipinski definition) is 4. The summed E-state index contributed by atoms with van der Waals surface area (Å²) in [5.41, 5.74) is 6.32. The van der Waals surface area contributed by atoms with E-state index in [1.54, 1.807) is 0 Å². The van der Waals surface area contributed by atoms with Gasteiger partial charge in [0.25, 0.3) is 0 Å². The zero-order chi connectivity index (χ0) is 14.0. The Morgan fingerprint density at radius 1 is 1.37 bits per heavy atom. The van der Waals surface area contributed by atoms with E-state index < -0.39 is 11.7 Å². The van der Waals surface area contributed by atoms with Crippen LogP contribution in [0.3, 0.4) is 0 Å². The topological polar surface area (TPSA) is 50.9 Å². The summed E-state index contributed by atoms with van der Waals surface area (Å²) < 4.78 is 37.4. The fourth-order valence-electron chi connectivity index (χ4n) is 1.55. The van der Waals surface area contributed by atoms with Gasteiger partial charge in [0, 0.05) is 11.1 Å². The van der Waals surface area contributed by atoms with Gasteiger partial charge < -0.3 is 11.1 Å². The summed E-state index contributed by atoms with van der Waals surface area (Å²) in [4.78, 5) is 4.25. The summed E-state index contributed by atoms with van der Waals surface area (Å²) in [7, 11) is 0. The Morgan fingerprint density at radius 3 is 2.63 bits per heavy atom. The van der Waals surface area contributed by atoms with Crippen LogP contribution in [0.15, 0.2) is 23.6 Å². The minimum absolute atomic E-state index is 0.0723. The molecule has 0 fully saturated rings. The number of hydrogen-bond donors (Lipinski definition) is 2. The maximum absolute atomic E-state index is 12.5. The average molecular weight is 287 g/mol. The normalized spacial score (nSPS) is 11.6. The molecule has 0 aliphatic heterocycles. The van der Waals surface area contributed by atoms with Crippen LogP contribution in [0.25, 0.3) is 0 Å². The molecule has 0 radical (unpaired) electrons. The molecule has 3 N–H and O–H groups in total. The van der Waals surface area contributed by atoms with Crippen molar-refractivity contribution in [2.24, 2.45) is 0 Å². The number of nitrogens with two attached hydrogens (primary N) is 1. The van der Waals surface area contributed by atoms with Crippen molar-refractivity contribution >= 4 is 22.7 Å². The van der Waals surface area contributed by atoms with E-state index in [1.165, 1.54) is 17.4 Å². The standard InChI is InChI=1S/C12H12F3N3S/c1-7-6-19-11(18-7)5-17-10-3-2-8(4-9(10)16)12(13,14)15/h2-4,6,17H,5,16H2,1H3. The van der Waals surface area contributed by atoms with Crippen LogP contribution in [-0.4, -0.2) is 4.98 Å². The predicted octanol–water partition coefficient (Wildman–Crippen LogP) is 3.66. The first kappa shape index (κ1) is 13.7. The molecule has 2 aromatic rings. The highest BCUT2D eigenvalue weighted by molar-refractivity contribution is 7.09. The summed E-state index contributed by atoms with van der Waals surface area (Å²) in [6.45, 7) is 2.32. The lowest BCUT2D eigenvalue weighted by Crippen LogP contribution is -2.08. The molecule has 3 nitrogen and oxygen atoms in total. The third-order valence-corrected chi connectivity index (χ3v) is 3.44. The maximum Gasteiger partial charge on any atom is 0.416 e. The molecule has 102 valence electrons. The predicted molar refractivity (Wildman–Crippen MR) is 70.0 cm³/mol. The average Bonchev–Trinajstić information content (AvgIpc) is 2.72. The van der Waals surface area contributed by atoms with Crippen molar-refractivity contribution in [3.63, 3.8) is 0 Å². The number of aryl methyl sites for hydroxylation is 1. The molecule has 0 amide bonds. The van der Waals surface area contributed by atoms with Gasteiger partial charge >= 0.3 is 6.18 Å². The van der Waals surface area contributed by atoms with Crippen molar-refractivity contribution in [3.05, 3.63) is 39.8 Å². The molecule has 1 aromatic heterocycles. The summed E-state index contributed by atoms with van der Waals surface area (Å²) >= 11 is 1.49. The Labute approximate surface area is 112 Å². The number of aromatic nitrogens is 1. The molecular weight excluding hydrogens is 275 g/mol. The molecular formula is C12H12F3N3S. The largest absolute Gasteiger partial charge is 0.416 e. The number of nitrogen functional groups attached to an aromatic ring is 1. The molecule has 7 heteroatoms. The van der Waals surface area contributed by atoms with Crippen molar-refractivity contribution in [3.8, 4) is 0 Å². The lowest BCUT2D eigenvalue weighted by molar-refractivity contribution is -0.137. The van der Waals surface area contributed by atoms with E-state index in [0.29, 0.717) is 12.2 Å². The van der Waals surface area contributed by atoms with E-state index in [0.717, 1.165) is 22.8 Å². The Morgan fingerprint density at radius 2 is 2.11 bits per heavy atom. The van der Waals surface area contributed by atoms with Gasteiger partial charge in [-0.1, -0.05) is 0 Å². The first-order valence-corrected chi connectivity index (χ1v) is 6.36. The molecule has 19 heavy (non-hydrogen) atoms. The monoisotopic (exact) mass is 287 g/mol. The van der Waals surface area contributed by atoms with Gasteiger partial charge in [0.15, 0.2) is 0 Å². The molecule has 0 bridgehead atoms. The number of anilines is 2. The zero-order valence-corrected chi connectivity index (χ0v) is 10.9. The third kappa shape index (κ3) is 3.37. The van der Waals surface area contributed by atoms with Crippen molar-refractivity contribution in [1.82, 2.24) is 4.98 Å². The second kappa shape index (κ2) is 5.08. The number of alkyl halides is 3. The molecule has 2 rings (SSSR count).